The lowest BCUT2D eigenvalue weighted by Gasteiger charge is -2.29. The topological polar surface area (TPSA) is 47.0 Å². The number of methoxy groups -OCH3 is 1. The van der Waals surface area contributed by atoms with Crippen LogP contribution in [0.25, 0.3) is 0 Å². The van der Waals surface area contributed by atoms with Crippen molar-refractivity contribution in [2.24, 2.45) is 0 Å². The fourth-order valence-electron chi connectivity index (χ4n) is 2.64. The van der Waals surface area contributed by atoms with Crippen LogP contribution in [0.3, 0.4) is 0 Å². The molecule has 0 fully saturated rings. The maximum Gasteiger partial charge on any atom is 0.212 e. The van der Waals surface area contributed by atoms with Gasteiger partial charge in [0.05, 0.1) is 7.11 Å². The fraction of sp³-hybridized carbons (Fsp3) is 0.444. The Morgan fingerprint density at radius 3 is 2.45 bits per heavy atom. The van der Waals surface area contributed by atoms with Gasteiger partial charge in [-0.2, -0.15) is 0 Å². The quantitative estimate of drug-likeness (QED) is 0.877. The minimum Gasteiger partial charge on any atom is -0.481 e. The van der Waals surface area contributed by atoms with Crippen molar-refractivity contribution in [1.82, 2.24) is 9.97 Å². The SMILES string of the molecule is COc1ccc(C(C)(C)CC(C)Nc2ccc(C)cn2)cn1. The Labute approximate surface area is 133 Å². The standard InChI is InChI=1S/C18H25N3O/c1-13-6-8-16(19-11-13)21-14(2)10-18(3,4)15-7-9-17(22-5)20-12-15/h6-9,11-12,14H,10H2,1-5H3,(H,19,21). The summed E-state index contributed by atoms with van der Waals surface area (Å²) in [6.07, 6.45) is 4.76. The molecule has 0 saturated heterocycles. The lowest BCUT2D eigenvalue weighted by atomic mass is 9.80. The molecule has 4 heteroatoms. The predicted molar refractivity (Wildman–Crippen MR) is 90.5 cm³/mol. The van der Waals surface area contributed by atoms with E-state index >= 15 is 0 Å². The van der Waals surface area contributed by atoms with Crippen LogP contribution in [0, 0.1) is 6.92 Å². The number of hydrogen-bond donors (Lipinski definition) is 1. The highest BCUT2D eigenvalue weighted by Gasteiger charge is 2.24. The minimum atomic E-state index is 0.0242. The van der Waals surface area contributed by atoms with Crippen molar-refractivity contribution in [3.63, 3.8) is 0 Å². The summed E-state index contributed by atoms with van der Waals surface area (Å²) in [6.45, 7) is 8.69. The molecular formula is C18H25N3O. The zero-order chi connectivity index (χ0) is 16.2. The van der Waals surface area contributed by atoms with Crippen molar-refractivity contribution in [2.75, 3.05) is 12.4 Å². The third kappa shape index (κ3) is 4.20. The van der Waals surface area contributed by atoms with Crippen LogP contribution in [0.2, 0.25) is 0 Å². The number of aryl methyl sites for hydroxylation is 1. The molecule has 2 rings (SSSR count). The average molecular weight is 299 g/mol. The van der Waals surface area contributed by atoms with Crippen LogP contribution >= 0.6 is 0 Å². The van der Waals surface area contributed by atoms with Crippen LogP contribution in [0.4, 0.5) is 5.82 Å². The second-order valence-corrected chi connectivity index (χ2v) is 6.44. The molecule has 2 aromatic rings. The van der Waals surface area contributed by atoms with Gasteiger partial charge in [-0.05, 0) is 42.9 Å². The summed E-state index contributed by atoms with van der Waals surface area (Å²) >= 11 is 0. The molecule has 4 nitrogen and oxygen atoms in total. The van der Waals surface area contributed by atoms with Crippen LogP contribution in [-0.2, 0) is 5.41 Å². The Morgan fingerprint density at radius 1 is 1.14 bits per heavy atom. The van der Waals surface area contributed by atoms with Gasteiger partial charge >= 0.3 is 0 Å². The van der Waals surface area contributed by atoms with Gasteiger partial charge in [-0.15, -0.1) is 0 Å². The smallest absolute Gasteiger partial charge is 0.212 e. The van der Waals surface area contributed by atoms with E-state index < -0.39 is 0 Å². The van der Waals surface area contributed by atoms with Crippen molar-refractivity contribution in [2.45, 2.75) is 45.6 Å². The van der Waals surface area contributed by atoms with Gasteiger partial charge in [0.15, 0.2) is 0 Å². The number of hydrogen-bond acceptors (Lipinski definition) is 4. The number of nitrogens with zero attached hydrogens (tertiary/aromatic N) is 2. The van der Waals surface area contributed by atoms with Gasteiger partial charge in [-0.1, -0.05) is 26.0 Å². The second-order valence-electron chi connectivity index (χ2n) is 6.44. The van der Waals surface area contributed by atoms with E-state index in [-0.39, 0.29) is 5.41 Å². The van der Waals surface area contributed by atoms with E-state index in [0.717, 1.165) is 12.2 Å². The average Bonchev–Trinajstić information content (AvgIpc) is 2.49. The molecule has 0 spiro atoms. The first-order chi connectivity index (χ1) is 10.4. The Morgan fingerprint density at radius 2 is 1.91 bits per heavy atom. The molecule has 2 heterocycles. The molecule has 0 aliphatic rings. The number of ether oxygens (including phenoxy) is 1. The van der Waals surface area contributed by atoms with E-state index in [2.05, 4.69) is 48.2 Å². The molecule has 0 aromatic carbocycles. The number of anilines is 1. The first kappa shape index (κ1) is 16.3. The Bertz CT molecular complexity index is 591. The van der Waals surface area contributed by atoms with Gasteiger partial charge in [0.2, 0.25) is 5.88 Å². The van der Waals surface area contributed by atoms with E-state index in [1.807, 2.05) is 31.5 Å². The van der Waals surface area contributed by atoms with Crippen molar-refractivity contribution in [3.8, 4) is 5.88 Å². The van der Waals surface area contributed by atoms with Crippen LogP contribution in [0.5, 0.6) is 5.88 Å². The highest BCUT2D eigenvalue weighted by molar-refractivity contribution is 5.36. The van der Waals surface area contributed by atoms with Gasteiger partial charge in [-0.3, -0.25) is 0 Å². The number of aromatic nitrogens is 2. The Hall–Kier alpha value is -2.10. The van der Waals surface area contributed by atoms with Gasteiger partial charge in [-0.25, -0.2) is 9.97 Å². The highest BCUT2D eigenvalue weighted by atomic mass is 16.5. The maximum atomic E-state index is 5.12. The summed E-state index contributed by atoms with van der Waals surface area (Å²) in [4.78, 5) is 8.71. The van der Waals surface area contributed by atoms with E-state index in [0.29, 0.717) is 11.9 Å². The van der Waals surface area contributed by atoms with E-state index in [9.17, 15) is 0 Å². The number of rotatable bonds is 6. The molecule has 1 N–H and O–H groups in total. The molecule has 22 heavy (non-hydrogen) atoms. The van der Waals surface area contributed by atoms with Crippen molar-refractivity contribution in [3.05, 3.63) is 47.8 Å². The number of nitrogens with one attached hydrogen (secondary N) is 1. The van der Waals surface area contributed by atoms with E-state index in [4.69, 9.17) is 4.74 Å². The van der Waals surface area contributed by atoms with Crippen LogP contribution in [0.15, 0.2) is 36.7 Å². The van der Waals surface area contributed by atoms with Crippen molar-refractivity contribution < 1.29 is 4.74 Å². The second kappa shape index (κ2) is 6.77. The molecule has 0 bridgehead atoms. The zero-order valence-corrected chi connectivity index (χ0v) is 14.1. The zero-order valence-electron chi connectivity index (χ0n) is 14.1. The summed E-state index contributed by atoms with van der Waals surface area (Å²) < 4.78 is 5.12. The molecule has 0 radical (unpaired) electrons. The molecule has 0 saturated carbocycles. The summed E-state index contributed by atoms with van der Waals surface area (Å²) in [5, 5.41) is 3.46. The Balaban J connectivity index is 2.01. The predicted octanol–water partition coefficient (Wildman–Crippen LogP) is 3.96. The molecule has 2 aromatic heterocycles. The highest BCUT2D eigenvalue weighted by Crippen LogP contribution is 2.29. The van der Waals surface area contributed by atoms with Crippen LogP contribution in [0.1, 0.15) is 38.3 Å². The number of pyridine rings is 2. The Kier molecular flexibility index (Phi) is 5.01. The van der Waals surface area contributed by atoms with Gasteiger partial charge in [0, 0.05) is 24.5 Å². The molecular weight excluding hydrogens is 274 g/mol. The third-order valence-electron chi connectivity index (χ3n) is 3.85. The summed E-state index contributed by atoms with van der Waals surface area (Å²) in [7, 11) is 1.63. The molecule has 0 aliphatic carbocycles. The van der Waals surface area contributed by atoms with E-state index in [1.54, 1.807) is 7.11 Å². The van der Waals surface area contributed by atoms with Crippen molar-refractivity contribution in [1.29, 1.82) is 0 Å². The summed E-state index contributed by atoms with van der Waals surface area (Å²) in [5.41, 5.74) is 2.40. The van der Waals surface area contributed by atoms with E-state index in [1.165, 1.54) is 11.1 Å². The monoisotopic (exact) mass is 299 g/mol. The first-order valence-electron chi connectivity index (χ1n) is 7.60. The first-order valence-corrected chi connectivity index (χ1v) is 7.60. The van der Waals surface area contributed by atoms with Gasteiger partial charge < -0.3 is 10.1 Å². The lowest BCUT2D eigenvalue weighted by Crippen LogP contribution is -2.28. The molecule has 1 unspecified atom stereocenters. The molecule has 0 aliphatic heterocycles. The summed E-state index contributed by atoms with van der Waals surface area (Å²) in [5.74, 6) is 1.57. The van der Waals surface area contributed by atoms with Gasteiger partial charge in [0.25, 0.3) is 0 Å². The maximum absolute atomic E-state index is 5.12. The van der Waals surface area contributed by atoms with Crippen LogP contribution < -0.4 is 10.1 Å². The lowest BCUT2D eigenvalue weighted by molar-refractivity contribution is 0.395. The van der Waals surface area contributed by atoms with Gasteiger partial charge in [0.1, 0.15) is 5.82 Å². The largest absolute Gasteiger partial charge is 0.481 e. The molecule has 0 amide bonds. The molecule has 1 atom stereocenters. The third-order valence-corrected chi connectivity index (χ3v) is 3.85. The minimum absolute atomic E-state index is 0.0242. The van der Waals surface area contributed by atoms with Crippen molar-refractivity contribution >= 4 is 5.82 Å². The normalized spacial score (nSPS) is 12.8. The molecule has 118 valence electrons. The summed E-state index contributed by atoms with van der Waals surface area (Å²) in [6, 6.07) is 8.40. The van der Waals surface area contributed by atoms with Crippen LogP contribution in [-0.4, -0.2) is 23.1 Å². The fourth-order valence-corrected chi connectivity index (χ4v) is 2.64.